The van der Waals surface area contributed by atoms with Crippen molar-refractivity contribution in [2.24, 2.45) is 0 Å². The van der Waals surface area contributed by atoms with Crippen LogP contribution in [0.1, 0.15) is 0 Å². The number of hydrogen-bond donors (Lipinski definition) is 6. The zero-order chi connectivity index (χ0) is 12.7. The van der Waals surface area contributed by atoms with Gasteiger partial charge in [-0.1, -0.05) is 0 Å². The summed E-state index contributed by atoms with van der Waals surface area (Å²) in [5, 5.41) is 35.2. The van der Waals surface area contributed by atoms with E-state index in [0.717, 1.165) is 6.66 Å². The molecule has 10 heteroatoms. The smallest absolute Gasteiger partial charge is 0.289 e. The van der Waals surface area contributed by atoms with Crippen LogP contribution in [-0.4, -0.2) is 66.9 Å². The standard InChI is InChI=1S/C4H9NO5.CH7O3P/c6-1-4(2-7,3-8)5(9)10;1-5(2,3)4/h6-8H,1-3H2;2-5H,1H3. The normalized spacial score (nSPS) is 12.7. The van der Waals surface area contributed by atoms with E-state index in [4.69, 9.17) is 30.0 Å². The average molecular weight is 249 g/mol. The minimum atomic E-state index is -3.61. The molecular weight excluding hydrogens is 233 g/mol. The second-order valence-corrected chi connectivity index (χ2v) is 4.87. The van der Waals surface area contributed by atoms with Gasteiger partial charge in [0, 0.05) is 4.92 Å². The summed E-state index contributed by atoms with van der Waals surface area (Å²) in [6.07, 6.45) is 0. The van der Waals surface area contributed by atoms with Crippen LogP contribution in [0.4, 0.5) is 0 Å². The first-order chi connectivity index (χ1) is 6.63. The van der Waals surface area contributed by atoms with Gasteiger partial charge >= 0.3 is 29.3 Å². The van der Waals surface area contributed by atoms with E-state index < -0.39 is 38.2 Å². The van der Waals surface area contributed by atoms with Crippen molar-refractivity contribution in [1.82, 2.24) is 0 Å². The molecule has 0 aromatic heterocycles. The molecule has 0 fully saturated rings. The first kappa shape index (κ1) is 17.0. The van der Waals surface area contributed by atoms with Crippen molar-refractivity contribution < 1.29 is 34.9 Å². The van der Waals surface area contributed by atoms with Crippen LogP contribution in [0, 0.1) is 10.1 Å². The number of nitrogens with zero attached hydrogens (tertiary/aromatic N) is 1. The molecule has 0 radical (unpaired) electrons. The number of rotatable bonds is 4. The van der Waals surface area contributed by atoms with Crippen LogP contribution >= 0.6 is 7.94 Å². The van der Waals surface area contributed by atoms with Gasteiger partial charge in [0.25, 0.3) is 5.54 Å². The molecule has 6 N–H and O–H groups in total. The minimum absolute atomic E-state index is 0.868. The molecule has 0 unspecified atom stereocenters. The topological polar surface area (TPSA) is 165 Å². The summed E-state index contributed by atoms with van der Waals surface area (Å²) in [5.41, 5.74) is -1.99. The maximum absolute atomic E-state index is 10.0. The summed E-state index contributed by atoms with van der Waals surface area (Å²) in [6.45, 7) is -1.61. The molecule has 9 nitrogen and oxygen atoms in total. The van der Waals surface area contributed by atoms with E-state index in [2.05, 4.69) is 0 Å². The molecule has 0 aliphatic heterocycles. The monoisotopic (exact) mass is 249 g/mol. The maximum atomic E-state index is 10.0. The third-order valence-electron chi connectivity index (χ3n) is 1.27. The van der Waals surface area contributed by atoms with E-state index in [1.54, 1.807) is 0 Å². The number of nitro groups is 1. The second kappa shape index (κ2) is 6.96. The summed E-state index contributed by atoms with van der Waals surface area (Å²) in [7, 11) is -3.61. The Kier molecular flexibility index (Phi) is 7.89. The maximum Gasteiger partial charge on any atom is 0.289 e. The molecule has 0 amide bonds. The zero-order valence-electron chi connectivity index (χ0n) is 8.07. The van der Waals surface area contributed by atoms with Gasteiger partial charge in [-0.2, -0.15) is 0 Å². The van der Waals surface area contributed by atoms with Crippen LogP contribution < -0.4 is 0 Å². The SMILES string of the molecule is C[PH](O)(O)O.O=[N+]([O-])C(CO)(CO)CO. The largest absolute Gasteiger partial charge is 0.389 e. The molecule has 0 spiro atoms. The third kappa shape index (κ3) is 8.58. The average Bonchev–Trinajstić information content (AvgIpc) is 2.05. The molecule has 0 aliphatic rings. The van der Waals surface area contributed by atoms with Crippen molar-refractivity contribution in [2.75, 3.05) is 26.5 Å². The molecule has 94 valence electrons. The molecule has 0 atom stereocenters. The molecule has 0 aromatic rings. The fourth-order valence-electron chi connectivity index (χ4n) is 0.323. The Hall–Kier alpha value is -0.410. The van der Waals surface area contributed by atoms with E-state index in [1.165, 1.54) is 0 Å². The van der Waals surface area contributed by atoms with Crippen molar-refractivity contribution in [2.45, 2.75) is 5.54 Å². The van der Waals surface area contributed by atoms with Crippen LogP contribution in [0.5, 0.6) is 0 Å². The number of hydrogen-bond acceptors (Lipinski definition) is 8. The van der Waals surface area contributed by atoms with E-state index >= 15 is 0 Å². The van der Waals surface area contributed by atoms with Crippen LogP contribution in [-0.2, 0) is 0 Å². The third-order valence-corrected chi connectivity index (χ3v) is 1.27. The quantitative estimate of drug-likeness (QED) is 0.175. The van der Waals surface area contributed by atoms with E-state index in [0.29, 0.717) is 0 Å². The Bertz CT molecular complexity index is 174. The molecule has 0 saturated heterocycles. The fraction of sp³-hybridized carbons (Fsp3) is 1.00. The van der Waals surface area contributed by atoms with Gasteiger partial charge in [0.15, 0.2) is 0 Å². The predicted molar refractivity (Wildman–Crippen MR) is 51.9 cm³/mol. The van der Waals surface area contributed by atoms with Crippen molar-refractivity contribution in [3.63, 3.8) is 0 Å². The predicted octanol–water partition coefficient (Wildman–Crippen LogP) is -2.93. The van der Waals surface area contributed by atoms with E-state index in [9.17, 15) is 10.1 Å². The van der Waals surface area contributed by atoms with Crippen molar-refractivity contribution >= 4 is 7.94 Å². The Balaban J connectivity index is 0. The molecular formula is C5H16NO8P. The molecule has 0 heterocycles. The second-order valence-electron chi connectivity index (χ2n) is 2.93. The van der Waals surface area contributed by atoms with Gasteiger partial charge in [0.1, 0.15) is 19.8 Å². The molecule has 15 heavy (non-hydrogen) atoms. The molecule has 0 saturated carbocycles. The molecule has 0 aliphatic carbocycles. The van der Waals surface area contributed by atoms with Crippen molar-refractivity contribution in [3.8, 4) is 0 Å². The molecule has 0 aromatic carbocycles. The van der Waals surface area contributed by atoms with Gasteiger partial charge in [-0.15, -0.1) is 0 Å². The van der Waals surface area contributed by atoms with Gasteiger partial charge in [-0.3, -0.25) is 10.1 Å². The summed E-state index contributed by atoms with van der Waals surface area (Å²) in [4.78, 5) is 32.5. The molecule has 0 rings (SSSR count). The minimum Gasteiger partial charge on any atom is -0.389 e. The number of aliphatic hydroxyl groups excluding tert-OH is 3. The summed E-state index contributed by atoms with van der Waals surface area (Å²) < 4.78 is 0. The molecule has 0 bridgehead atoms. The number of aliphatic hydroxyl groups is 3. The summed E-state index contributed by atoms with van der Waals surface area (Å²) in [5.74, 6) is 0. The zero-order valence-corrected chi connectivity index (χ0v) is 9.07. The van der Waals surface area contributed by atoms with Crippen molar-refractivity contribution in [1.29, 1.82) is 0 Å². The van der Waals surface area contributed by atoms with E-state index in [-0.39, 0.29) is 0 Å². The first-order valence-electron chi connectivity index (χ1n) is 3.77. The van der Waals surface area contributed by atoms with Crippen LogP contribution in [0.3, 0.4) is 0 Å². The summed E-state index contributed by atoms with van der Waals surface area (Å²) in [6, 6.07) is 0. The van der Waals surface area contributed by atoms with Gasteiger partial charge in [-0.25, -0.2) is 0 Å². The van der Waals surface area contributed by atoms with Gasteiger partial charge < -0.3 is 15.3 Å². The Morgan fingerprint density at radius 3 is 1.33 bits per heavy atom. The summed E-state index contributed by atoms with van der Waals surface area (Å²) >= 11 is 0. The Morgan fingerprint density at radius 2 is 1.33 bits per heavy atom. The van der Waals surface area contributed by atoms with Gasteiger partial charge in [0.05, 0.1) is 0 Å². The van der Waals surface area contributed by atoms with Crippen LogP contribution in [0.25, 0.3) is 0 Å². The van der Waals surface area contributed by atoms with E-state index in [1.807, 2.05) is 0 Å². The Morgan fingerprint density at radius 1 is 1.13 bits per heavy atom. The van der Waals surface area contributed by atoms with Crippen LogP contribution in [0.15, 0.2) is 0 Å². The fourth-order valence-corrected chi connectivity index (χ4v) is 0.323. The van der Waals surface area contributed by atoms with Gasteiger partial charge in [0.2, 0.25) is 0 Å². The van der Waals surface area contributed by atoms with Gasteiger partial charge in [-0.05, 0) is 0 Å². The van der Waals surface area contributed by atoms with Crippen molar-refractivity contribution in [3.05, 3.63) is 10.1 Å². The first-order valence-corrected chi connectivity index (χ1v) is 6.11. The Labute approximate surface area is 86.0 Å². The van der Waals surface area contributed by atoms with Crippen LogP contribution in [0.2, 0.25) is 0 Å².